The lowest BCUT2D eigenvalue weighted by Crippen LogP contribution is -2.42. The molecular formula is C16H19ClN2O3. The number of benzene rings is 1. The Hall–Kier alpha value is -2.01. The van der Waals surface area contributed by atoms with Crippen molar-refractivity contribution in [2.45, 2.75) is 26.3 Å². The maximum atomic E-state index is 12.4. The predicted octanol–water partition coefficient (Wildman–Crippen LogP) is 3.14. The zero-order chi connectivity index (χ0) is 16.3. The number of hydrogen-bond donors (Lipinski definition) is 2. The SMILES string of the molecule is COC(=O)C(CC(C)C)NC(=O)c1[nH]c2ccccc2c1Cl. The van der Waals surface area contributed by atoms with Crippen LogP contribution in [0.15, 0.2) is 24.3 Å². The van der Waals surface area contributed by atoms with Gasteiger partial charge in [-0.25, -0.2) is 4.79 Å². The minimum Gasteiger partial charge on any atom is -0.467 e. The van der Waals surface area contributed by atoms with E-state index in [1.807, 2.05) is 38.1 Å². The van der Waals surface area contributed by atoms with E-state index in [1.165, 1.54) is 7.11 Å². The number of aromatic amines is 1. The second kappa shape index (κ2) is 6.83. The number of fused-ring (bicyclic) bond motifs is 1. The fourth-order valence-corrected chi connectivity index (χ4v) is 2.62. The van der Waals surface area contributed by atoms with Crippen molar-refractivity contribution in [1.29, 1.82) is 0 Å². The highest BCUT2D eigenvalue weighted by Gasteiger charge is 2.25. The lowest BCUT2D eigenvalue weighted by molar-refractivity contribution is -0.143. The summed E-state index contributed by atoms with van der Waals surface area (Å²) in [5.74, 6) is -0.644. The van der Waals surface area contributed by atoms with E-state index < -0.39 is 17.9 Å². The van der Waals surface area contributed by atoms with Gasteiger partial charge in [0.25, 0.3) is 5.91 Å². The monoisotopic (exact) mass is 322 g/mol. The van der Waals surface area contributed by atoms with E-state index in [-0.39, 0.29) is 11.6 Å². The summed E-state index contributed by atoms with van der Waals surface area (Å²) in [7, 11) is 1.30. The van der Waals surface area contributed by atoms with E-state index in [2.05, 4.69) is 10.3 Å². The third-order valence-corrected chi connectivity index (χ3v) is 3.76. The van der Waals surface area contributed by atoms with Crippen LogP contribution in [0.2, 0.25) is 5.02 Å². The van der Waals surface area contributed by atoms with Crippen molar-refractivity contribution in [3.63, 3.8) is 0 Å². The van der Waals surface area contributed by atoms with Gasteiger partial charge in [-0.3, -0.25) is 4.79 Å². The minimum absolute atomic E-state index is 0.239. The molecule has 0 aliphatic carbocycles. The number of methoxy groups -OCH3 is 1. The van der Waals surface area contributed by atoms with Gasteiger partial charge in [-0.15, -0.1) is 0 Å². The molecule has 2 aromatic rings. The molecule has 2 rings (SSSR count). The average molecular weight is 323 g/mol. The molecule has 0 aliphatic heterocycles. The van der Waals surface area contributed by atoms with E-state index in [9.17, 15) is 9.59 Å². The zero-order valence-electron chi connectivity index (χ0n) is 12.8. The molecule has 6 heteroatoms. The summed E-state index contributed by atoms with van der Waals surface area (Å²) in [5.41, 5.74) is 1.02. The number of amides is 1. The largest absolute Gasteiger partial charge is 0.467 e. The van der Waals surface area contributed by atoms with Gasteiger partial charge in [0.05, 0.1) is 12.1 Å². The van der Waals surface area contributed by atoms with E-state index in [0.717, 1.165) is 10.9 Å². The number of para-hydroxylation sites is 1. The standard InChI is InChI=1S/C16H19ClN2O3/c1-9(2)8-12(16(21)22-3)19-15(20)14-13(17)10-6-4-5-7-11(10)18-14/h4-7,9,12,18H,8H2,1-3H3,(H,19,20). The average Bonchev–Trinajstić information content (AvgIpc) is 2.83. The number of esters is 1. The number of H-pyrrole nitrogens is 1. The summed E-state index contributed by atoms with van der Waals surface area (Å²) >= 11 is 6.25. The van der Waals surface area contributed by atoms with Crippen LogP contribution in [0, 0.1) is 5.92 Å². The summed E-state index contributed by atoms with van der Waals surface area (Å²) in [4.78, 5) is 27.2. The van der Waals surface area contributed by atoms with Gasteiger partial charge in [-0.2, -0.15) is 0 Å². The number of carbonyl (C=O) groups excluding carboxylic acids is 2. The Morgan fingerprint density at radius 2 is 2.00 bits per heavy atom. The molecule has 1 aromatic heterocycles. The number of aromatic nitrogens is 1. The minimum atomic E-state index is -0.694. The number of rotatable bonds is 5. The first kappa shape index (κ1) is 16.4. The van der Waals surface area contributed by atoms with E-state index in [4.69, 9.17) is 16.3 Å². The molecule has 1 atom stereocenters. The fourth-order valence-electron chi connectivity index (χ4n) is 2.32. The van der Waals surface area contributed by atoms with Crippen molar-refractivity contribution in [2.24, 2.45) is 5.92 Å². The normalized spacial score (nSPS) is 12.4. The molecule has 0 spiro atoms. The van der Waals surface area contributed by atoms with E-state index >= 15 is 0 Å². The highest BCUT2D eigenvalue weighted by atomic mass is 35.5. The van der Waals surface area contributed by atoms with Crippen LogP contribution in [-0.2, 0) is 9.53 Å². The zero-order valence-corrected chi connectivity index (χ0v) is 13.5. The van der Waals surface area contributed by atoms with Crippen LogP contribution in [0.4, 0.5) is 0 Å². The third kappa shape index (κ3) is 3.42. The first-order valence-electron chi connectivity index (χ1n) is 7.09. The molecule has 1 unspecified atom stereocenters. The van der Waals surface area contributed by atoms with Crippen molar-refractivity contribution >= 4 is 34.4 Å². The smallest absolute Gasteiger partial charge is 0.328 e. The van der Waals surface area contributed by atoms with Crippen LogP contribution >= 0.6 is 11.6 Å². The Kier molecular flexibility index (Phi) is 5.08. The molecule has 118 valence electrons. The van der Waals surface area contributed by atoms with Crippen LogP contribution in [0.1, 0.15) is 30.8 Å². The Morgan fingerprint density at radius 3 is 2.59 bits per heavy atom. The van der Waals surface area contributed by atoms with Crippen molar-refractivity contribution in [1.82, 2.24) is 10.3 Å². The summed E-state index contributed by atoms with van der Waals surface area (Å²) in [6.07, 6.45) is 0.496. The fraction of sp³-hybridized carbons (Fsp3) is 0.375. The second-order valence-electron chi connectivity index (χ2n) is 5.54. The van der Waals surface area contributed by atoms with Crippen LogP contribution in [-0.4, -0.2) is 30.0 Å². The Balaban J connectivity index is 2.25. The quantitative estimate of drug-likeness (QED) is 0.831. The van der Waals surface area contributed by atoms with Gasteiger partial charge in [-0.05, 0) is 18.4 Å². The highest BCUT2D eigenvalue weighted by Crippen LogP contribution is 2.27. The van der Waals surface area contributed by atoms with Crippen molar-refractivity contribution in [3.8, 4) is 0 Å². The van der Waals surface area contributed by atoms with Crippen LogP contribution in [0.3, 0.4) is 0 Å². The number of nitrogens with one attached hydrogen (secondary N) is 2. The lowest BCUT2D eigenvalue weighted by atomic mass is 10.0. The summed E-state index contributed by atoms with van der Waals surface area (Å²) in [5, 5.41) is 3.81. The summed E-state index contributed by atoms with van der Waals surface area (Å²) < 4.78 is 4.74. The molecule has 0 fully saturated rings. The predicted molar refractivity (Wildman–Crippen MR) is 86.0 cm³/mol. The molecule has 0 bridgehead atoms. The van der Waals surface area contributed by atoms with Gasteiger partial charge < -0.3 is 15.0 Å². The van der Waals surface area contributed by atoms with Crippen molar-refractivity contribution in [2.75, 3.05) is 7.11 Å². The van der Waals surface area contributed by atoms with E-state index in [0.29, 0.717) is 11.4 Å². The second-order valence-corrected chi connectivity index (χ2v) is 5.92. The van der Waals surface area contributed by atoms with Crippen LogP contribution in [0.25, 0.3) is 10.9 Å². The summed E-state index contributed by atoms with van der Waals surface area (Å²) in [6, 6.07) is 6.67. The lowest BCUT2D eigenvalue weighted by Gasteiger charge is -2.18. The van der Waals surface area contributed by atoms with Gasteiger partial charge >= 0.3 is 5.97 Å². The molecule has 0 aliphatic rings. The van der Waals surface area contributed by atoms with Crippen LogP contribution in [0.5, 0.6) is 0 Å². The van der Waals surface area contributed by atoms with Crippen molar-refractivity contribution < 1.29 is 14.3 Å². The molecule has 5 nitrogen and oxygen atoms in total. The van der Waals surface area contributed by atoms with Gasteiger partial charge in [0.2, 0.25) is 0 Å². The molecule has 0 saturated carbocycles. The Labute approximate surface area is 134 Å². The molecular weight excluding hydrogens is 304 g/mol. The van der Waals surface area contributed by atoms with Gasteiger partial charge in [0.1, 0.15) is 11.7 Å². The van der Waals surface area contributed by atoms with E-state index in [1.54, 1.807) is 0 Å². The molecule has 22 heavy (non-hydrogen) atoms. The van der Waals surface area contributed by atoms with Crippen molar-refractivity contribution in [3.05, 3.63) is 35.0 Å². The van der Waals surface area contributed by atoms with Gasteiger partial charge in [0, 0.05) is 10.9 Å². The van der Waals surface area contributed by atoms with Gasteiger partial charge in [-0.1, -0.05) is 43.6 Å². The highest BCUT2D eigenvalue weighted by molar-refractivity contribution is 6.38. The third-order valence-electron chi connectivity index (χ3n) is 3.37. The number of carbonyl (C=O) groups is 2. The molecule has 1 amide bonds. The maximum absolute atomic E-state index is 12.4. The molecule has 0 radical (unpaired) electrons. The first-order valence-corrected chi connectivity index (χ1v) is 7.46. The summed E-state index contributed by atoms with van der Waals surface area (Å²) in [6.45, 7) is 3.94. The molecule has 1 heterocycles. The maximum Gasteiger partial charge on any atom is 0.328 e. The molecule has 2 N–H and O–H groups in total. The number of ether oxygens (including phenoxy) is 1. The van der Waals surface area contributed by atoms with Gasteiger partial charge in [0.15, 0.2) is 0 Å². The first-order chi connectivity index (χ1) is 10.4. The molecule has 0 saturated heterocycles. The number of hydrogen-bond acceptors (Lipinski definition) is 3. The number of halogens is 1. The van der Waals surface area contributed by atoms with Crippen LogP contribution < -0.4 is 5.32 Å². The Bertz CT molecular complexity index is 694. The topological polar surface area (TPSA) is 71.2 Å². The Morgan fingerprint density at radius 1 is 1.32 bits per heavy atom. The molecule has 1 aromatic carbocycles.